The number of aliphatic carboxylic acids is 1. The molecule has 0 radical (unpaired) electrons. The zero-order valence-electron chi connectivity index (χ0n) is 12.0. The second-order valence-electron chi connectivity index (χ2n) is 5.45. The van der Waals surface area contributed by atoms with E-state index in [2.05, 4.69) is 16.8 Å². The van der Waals surface area contributed by atoms with Crippen molar-refractivity contribution in [2.45, 2.75) is 19.4 Å². The number of carboxylic acids is 1. The van der Waals surface area contributed by atoms with Crippen LogP contribution in [0.4, 0.5) is 4.39 Å². The number of piperazine rings is 1. The lowest BCUT2D eigenvalue weighted by atomic mass is 9.96. The van der Waals surface area contributed by atoms with Gasteiger partial charge in [0.25, 0.3) is 0 Å². The fourth-order valence-corrected chi connectivity index (χ4v) is 2.75. The van der Waals surface area contributed by atoms with E-state index in [1.807, 2.05) is 6.92 Å². The SMILES string of the molecule is Cc1cc(F)ccc1C(CC(=O)O)N1CCN(C)CC1. The summed E-state index contributed by atoms with van der Waals surface area (Å²) in [6.45, 7) is 5.37. The van der Waals surface area contributed by atoms with Crippen molar-refractivity contribution in [3.05, 3.63) is 35.1 Å². The fraction of sp³-hybridized carbons (Fsp3) is 0.533. The minimum absolute atomic E-state index is 0.0518. The van der Waals surface area contributed by atoms with Gasteiger partial charge in [-0.25, -0.2) is 4.39 Å². The van der Waals surface area contributed by atoms with E-state index in [9.17, 15) is 9.18 Å². The highest BCUT2D eigenvalue weighted by atomic mass is 19.1. The molecule has 1 aliphatic heterocycles. The number of aryl methyl sites for hydroxylation is 1. The molecule has 1 atom stereocenters. The van der Waals surface area contributed by atoms with Crippen molar-refractivity contribution in [2.24, 2.45) is 0 Å². The molecule has 5 heteroatoms. The first kappa shape index (κ1) is 14.9. The van der Waals surface area contributed by atoms with Crippen molar-refractivity contribution in [1.29, 1.82) is 0 Å². The smallest absolute Gasteiger partial charge is 0.305 e. The number of hydrogen-bond acceptors (Lipinski definition) is 3. The third-order valence-electron chi connectivity index (χ3n) is 3.94. The van der Waals surface area contributed by atoms with Crippen molar-refractivity contribution in [1.82, 2.24) is 9.80 Å². The summed E-state index contributed by atoms with van der Waals surface area (Å²) in [5, 5.41) is 9.16. The van der Waals surface area contributed by atoms with E-state index in [0.29, 0.717) is 0 Å². The molecule has 0 bridgehead atoms. The maximum Gasteiger partial charge on any atom is 0.305 e. The molecule has 4 nitrogen and oxygen atoms in total. The number of likely N-dealkylation sites (N-methyl/N-ethyl adjacent to an activating group) is 1. The van der Waals surface area contributed by atoms with Crippen molar-refractivity contribution >= 4 is 5.97 Å². The molecule has 1 aromatic carbocycles. The standard InChI is InChI=1S/C15H21FN2O2/c1-11-9-12(16)3-4-13(11)14(10-15(19)20)18-7-5-17(2)6-8-18/h3-4,9,14H,5-8,10H2,1-2H3,(H,19,20). The first-order chi connectivity index (χ1) is 9.47. The van der Waals surface area contributed by atoms with Gasteiger partial charge in [0.2, 0.25) is 0 Å². The van der Waals surface area contributed by atoms with Crippen LogP contribution in [-0.4, -0.2) is 54.1 Å². The summed E-state index contributed by atoms with van der Waals surface area (Å²) >= 11 is 0. The Balaban J connectivity index is 2.24. The number of halogens is 1. The van der Waals surface area contributed by atoms with Crippen molar-refractivity contribution in [3.8, 4) is 0 Å². The Bertz CT molecular complexity index is 485. The van der Waals surface area contributed by atoms with Gasteiger partial charge in [0.05, 0.1) is 6.42 Å². The molecule has 20 heavy (non-hydrogen) atoms. The second kappa shape index (κ2) is 6.33. The minimum atomic E-state index is -0.822. The number of nitrogens with zero attached hydrogens (tertiary/aromatic N) is 2. The van der Waals surface area contributed by atoms with Gasteiger partial charge in [0.1, 0.15) is 5.82 Å². The topological polar surface area (TPSA) is 43.8 Å². The van der Waals surface area contributed by atoms with Crippen molar-refractivity contribution in [3.63, 3.8) is 0 Å². The monoisotopic (exact) mass is 280 g/mol. The summed E-state index contributed by atoms with van der Waals surface area (Å²) in [5.41, 5.74) is 1.73. The van der Waals surface area contributed by atoms with Gasteiger partial charge in [-0.15, -0.1) is 0 Å². The summed E-state index contributed by atoms with van der Waals surface area (Å²) in [7, 11) is 2.06. The molecular weight excluding hydrogens is 259 g/mol. The zero-order chi connectivity index (χ0) is 14.7. The van der Waals surface area contributed by atoms with E-state index in [4.69, 9.17) is 5.11 Å². The van der Waals surface area contributed by atoms with E-state index in [1.165, 1.54) is 12.1 Å². The lowest BCUT2D eigenvalue weighted by Gasteiger charge is -2.38. The molecule has 1 unspecified atom stereocenters. The predicted octanol–water partition coefficient (Wildman–Crippen LogP) is 1.90. The van der Waals surface area contributed by atoms with Crippen LogP contribution < -0.4 is 0 Å². The first-order valence-electron chi connectivity index (χ1n) is 6.88. The average Bonchev–Trinajstić information content (AvgIpc) is 2.37. The van der Waals surface area contributed by atoms with Gasteiger partial charge in [-0.2, -0.15) is 0 Å². The zero-order valence-corrected chi connectivity index (χ0v) is 12.0. The van der Waals surface area contributed by atoms with Gasteiger partial charge in [0, 0.05) is 32.2 Å². The van der Waals surface area contributed by atoms with E-state index >= 15 is 0 Å². The lowest BCUT2D eigenvalue weighted by molar-refractivity contribution is -0.138. The van der Waals surface area contributed by atoms with Gasteiger partial charge in [-0.05, 0) is 37.2 Å². The summed E-state index contributed by atoms with van der Waals surface area (Å²) < 4.78 is 13.2. The van der Waals surface area contributed by atoms with Crippen LogP contribution in [0.1, 0.15) is 23.6 Å². The molecule has 1 N–H and O–H groups in total. The van der Waals surface area contributed by atoms with Crippen molar-refractivity contribution in [2.75, 3.05) is 33.2 Å². The van der Waals surface area contributed by atoms with Crippen LogP contribution in [0.25, 0.3) is 0 Å². The highest BCUT2D eigenvalue weighted by molar-refractivity contribution is 5.68. The normalized spacial score (nSPS) is 18.9. The van der Waals surface area contributed by atoms with Gasteiger partial charge in [-0.3, -0.25) is 9.69 Å². The number of carbonyl (C=O) groups is 1. The molecule has 2 rings (SSSR count). The number of hydrogen-bond donors (Lipinski definition) is 1. The number of carboxylic acid groups (broad SMARTS) is 1. The van der Waals surface area contributed by atoms with E-state index in [0.717, 1.165) is 37.3 Å². The third-order valence-corrected chi connectivity index (χ3v) is 3.94. The summed E-state index contributed by atoms with van der Waals surface area (Å²) in [5.74, 6) is -1.10. The minimum Gasteiger partial charge on any atom is -0.481 e. The van der Waals surface area contributed by atoms with E-state index in [1.54, 1.807) is 6.07 Å². The Hall–Kier alpha value is -1.46. The molecule has 0 aromatic heterocycles. The van der Waals surface area contributed by atoms with Crippen LogP contribution in [0, 0.1) is 12.7 Å². The molecule has 1 heterocycles. The molecule has 0 amide bonds. The van der Waals surface area contributed by atoms with E-state index in [-0.39, 0.29) is 18.3 Å². The third kappa shape index (κ3) is 3.55. The molecule has 0 saturated carbocycles. The number of rotatable bonds is 4. The number of benzene rings is 1. The maximum absolute atomic E-state index is 13.2. The molecule has 0 spiro atoms. The summed E-state index contributed by atoms with van der Waals surface area (Å²) in [6, 6.07) is 4.42. The molecule has 1 fully saturated rings. The van der Waals surface area contributed by atoms with Crippen LogP contribution >= 0.6 is 0 Å². The quantitative estimate of drug-likeness (QED) is 0.915. The molecule has 1 saturated heterocycles. The lowest BCUT2D eigenvalue weighted by Crippen LogP contribution is -2.46. The van der Waals surface area contributed by atoms with Crippen LogP contribution in [0.5, 0.6) is 0 Å². The molecule has 0 aliphatic carbocycles. The largest absolute Gasteiger partial charge is 0.481 e. The van der Waals surface area contributed by atoms with Crippen LogP contribution in [0.3, 0.4) is 0 Å². The van der Waals surface area contributed by atoms with Gasteiger partial charge < -0.3 is 10.0 Å². The Morgan fingerprint density at radius 2 is 2.00 bits per heavy atom. The summed E-state index contributed by atoms with van der Waals surface area (Å²) in [4.78, 5) is 15.6. The Morgan fingerprint density at radius 1 is 1.35 bits per heavy atom. The van der Waals surface area contributed by atoms with Crippen molar-refractivity contribution < 1.29 is 14.3 Å². The van der Waals surface area contributed by atoms with Gasteiger partial charge >= 0.3 is 5.97 Å². The van der Waals surface area contributed by atoms with Crippen LogP contribution in [0.2, 0.25) is 0 Å². The Morgan fingerprint density at radius 3 is 2.55 bits per heavy atom. The average molecular weight is 280 g/mol. The van der Waals surface area contributed by atoms with E-state index < -0.39 is 5.97 Å². The van der Waals surface area contributed by atoms with Crippen LogP contribution in [0.15, 0.2) is 18.2 Å². The maximum atomic E-state index is 13.2. The Kier molecular flexibility index (Phi) is 4.73. The molecular formula is C15H21FN2O2. The van der Waals surface area contributed by atoms with Gasteiger partial charge in [0.15, 0.2) is 0 Å². The Labute approximate surface area is 118 Å². The first-order valence-corrected chi connectivity index (χ1v) is 6.88. The molecule has 1 aliphatic rings. The second-order valence-corrected chi connectivity index (χ2v) is 5.45. The summed E-state index contributed by atoms with van der Waals surface area (Å²) in [6.07, 6.45) is 0.0518. The highest BCUT2D eigenvalue weighted by Gasteiger charge is 2.27. The predicted molar refractivity (Wildman–Crippen MR) is 75.2 cm³/mol. The van der Waals surface area contributed by atoms with Gasteiger partial charge in [-0.1, -0.05) is 6.07 Å². The highest BCUT2D eigenvalue weighted by Crippen LogP contribution is 2.28. The fourth-order valence-electron chi connectivity index (χ4n) is 2.75. The molecule has 110 valence electrons. The molecule has 1 aromatic rings. The van der Waals surface area contributed by atoms with Crippen LogP contribution in [-0.2, 0) is 4.79 Å².